The van der Waals surface area contributed by atoms with Gasteiger partial charge in [-0.05, 0) is 36.8 Å². The van der Waals surface area contributed by atoms with Crippen molar-refractivity contribution in [3.8, 4) is 0 Å². The number of halogens is 1. The van der Waals surface area contributed by atoms with Gasteiger partial charge in [-0.1, -0.05) is 18.2 Å². The van der Waals surface area contributed by atoms with E-state index in [2.05, 4.69) is 0 Å². The third-order valence-electron chi connectivity index (χ3n) is 2.74. The van der Waals surface area contributed by atoms with E-state index in [0.29, 0.717) is 11.4 Å². The number of benzene rings is 2. The molecule has 88 valence electrons. The van der Waals surface area contributed by atoms with Crippen molar-refractivity contribution in [1.29, 1.82) is 0 Å². The van der Waals surface area contributed by atoms with Crippen LogP contribution in [0.2, 0.25) is 0 Å². The Morgan fingerprint density at radius 3 is 2.47 bits per heavy atom. The average Bonchev–Trinajstić information content (AvgIpc) is 2.28. The zero-order chi connectivity index (χ0) is 12.4. The zero-order valence-electron chi connectivity index (χ0n) is 9.94. The Kier molecular flexibility index (Phi) is 3.00. The predicted molar refractivity (Wildman–Crippen MR) is 70.1 cm³/mol. The second kappa shape index (κ2) is 4.45. The van der Waals surface area contributed by atoms with Crippen LogP contribution in [0.5, 0.6) is 0 Å². The van der Waals surface area contributed by atoms with Crippen molar-refractivity contribution in [2.24, 2.45) is 0 Å². The summed E-state index contributed by atoms with van der Waals surface area (Å²) in [5, 5.41) is 0. The normalized spacial score (nSPS) is 10.3. The van der Waals surface area contributed by atoms with Gasteiger partial charge < -0.3 is 10.6 Å². The molecule has 0 aliphatic rings. The lowest BCUT2D eigenvalue weighted by Gasteiger charge is -2.22. The lowest BCUT2D eigenvalue weighted by molar-refractivity contribution is 0.628. The van der Waals surface area contributed by atoms with Crippen LogP contribution < -0.4 is 10.6 Å². The third-order valence-corrected chi connectivity index (χ3v) is 2.74. The van der Waals surface area contributed by atoms with Crippen molar-refractivity contribution >= 4 is 17.1 Å². The van der Waals surface area contributed by atoms with Crippen molar-refractivity contribution in [2.75, 3.05) is 17.7 Å². The number of nitrogens with two attached hydrogens (primary N) is 1. The topological polar surface area (TPSA) is 29.3 Å². The molecule has 0 saturated heterocycles. The van der Waals surface area contributed by atoms with Crippen LogP contribution in [0.15, 0.2) is 42.5 Å². The summed E-state index contributed by atoms with van der Waals surface area (Å²) in [7, 11) is 1.81. The molecule has 0 fully saturated rings. The molecule has 0 aliphatic heterocycles. The lowest BCUT2D eigenvalue weighted by atomic mass is 10.2. The van der Waals surface area contributed by atoms with Gasteiger partial charge in [-0.2, -0.15) is 0 Å². The van der Waals surface area contributed by atoms with Crippen molar-refractivity contribution in [1.82, 2.24) is 0 Å². The van der Waals surface area contributed by atoms with Gasteiger partial charge in [0.25, 0.3) is 0 Å². The highest BCUT2D eigenvalue weighted by molar-refractivity contribution is 5.75. The number of hydrogen-bond donors (Lipinski definition) is 1. The fraction of sp³-hybridized carbons (Fsp3) is 0.143. The summed E-state index contributed by atoms with van der Waals surface area (Å²) in [6, 6.07) is 12.6. The van der Waals surface area contributed by atoms with E-state index >= 15 is 0 Å². The fourth-order valence-corrected chi connectivity index (χ4v) is 1.85. The Hall–Kier alpha value is -2.03. The first-order chi connectivity index (χ1) is 8.09. The minimum absolute atomic E-state index is 0.311. The van der Waals surface area contributed by atoms with E-state index in [1.165, 1.54) is 6.07 Å². The molecule has 2 nitrogen and oxygen atoms in total. The predicted octanol–water partition coefficient (Wildman–Crippen LogP) is 3.48. The summed E-state index contributed by atoms with van der Waals surface area (Å²) in [5.41, 5.74) is 8.72. The van der Waals surface area contributed by atoms with Crippen LogP contribution in [0.4, 0.5) is 21.5 Å². The van der Waals surface area contributed by atoms with E-state index in [1.54, 1.807) is 17.0 Å². The number of rotatable bonds is 2. The first-order valence-corrected chi connectivity index (χ1v) is 5.44. The first-order valence-electron chi connectivity index (χ1n) is 5.44. The van der Waals surface area contributed by atoms with Crippen molar-refractivity contribution in [3.63, 3.8) is 0 Å². The smallest absolute Gasteiger partial charge is 0.148 e. The van der Waals surface area contributed by atoms with Crippen LogP contribution >= 0.6 is 0 Å². The highest BCUT2D eigenvalue weighted by Gasteiger charge is 2.12. The van der Waals surface area contributed by atoms with Gasteiger partial charge in [0.05, 0.1) is 5.69 Å². The quantitative estimate of drug-likeness (QED) is 0.800. The number of aryl methyl sites for hydroxylation is 1. The molecule has 0 atom stereocenters. The highest BCUT2D eigenvalue weighted by Crippen LogP contribution is 2.31. The molecule has 0 saturated carbocycles. The summed E-state index contributed by atoms with van der Waals surface area (Å²) in [4.78, 5) is 1.76. The van der Waals surface area contributed by atoms with Crippen LogP contribution in [-0.4, -0.2) is 7.05 Å². The molecule has 2 rings (SSSR count). The Morgan fingerprint density at radius 1 is 1.12 bits per heavy atom. The summed E-state index contributed by atoms with van der Waals surface area (Å²) in [5.74, 6) is -0.311. The summed E-state index contributed by atoms with van der Waals surface area (Å²) in [6.45, 7) is 2.00. The molecule has 0 spiro atoms. The van der Waals surface area contributed by atoms with Crippen LogP contribution in [-0.2, 0) is 0 Å². The molecule has 3 heteroatoms. The maximum Gasteiger partial charge on any atom is 0.148 e. The van der Waals surface area contributed by atoms with Crippen molar-refractivity contribution in [2.45, 2.75) is 6.92 Å². The molecule has 2 aromatic rings. The second-order valence-corrected chi connectivity index (χ2v) is 4.08. The number of nitrogen functional groups attached to an aromatic ring is 1. The number of para-hydroxylation sites is 1. The fourth-order valence-electron chi connectivity index (χ4n) is 1.85. The Bertz CT molecular complexity index is 517. The second-order valence-electron chi connectivity index (χ2n) is 4.08. The number of hydrogen-bond acceptors (Lipinski definition) is 2. The molecule has 0 bridgehead atoms. The maximum absolute atomic E-state index is 13.8. The zero-order valence-corrected chi connectivity index (χ0v) is 9.94. The van der Waals surface area contributed by atoms with Crippen molar-refractivity contribution < 1.29 is 4.39 Å². The van der Waals surface area contributed by atoms with E-state index in [9.17, 15) is 4.39 Å². The molecule has 0 aromatic heterocycles. The lowest BCUT2D eigenvalue weighted by Crippen LogP contribution is -2.13. The molecule has 17 heavy (non-hydrogen) atoms. The Balaban J connectivity index is 2.47. The minimum atomic E-state index is -0.311. The van der Waals surface area contributed by atoms with Crippen LogP contribution in [0, 0.1) is 12.7 Å². The Morgan fingerprint density at radius 2 is 1.82 bits per heavy atom. The SMILES string of the molecule is Cc1cccc(N(C)c2c(N)cccc2F)c1. The van der Waals surface area contributed by atoms with Gasteiger partial charge in [0.2, 0.25) is 0 Å². The molecule has 0 radical (unpaired) electrons. The first kappa shape index (κ1) is 11.5. The van der Waals surface area contributed by atoms with E-state index in [4.69, 9.17) is 5.73 Å². The van der Waals surface area contributed by atoms with Gasteiger partial charge in [-0.15, -0.1) is 0 Å². The summed E-state index contributed by atoms with van der Waals surface area (Å²) >= 11 is 0. The van der Waals surface area contributed by atoms with Crippen molar-refractivity contribution in [3.05, 3.63) is 53.8 Å². The van der Waals surface area contributed by atoms with Gasteiger partial charge in [0.1, 0.15) is 11.5 Å². The van der Waals surface area contributed by atoms with E-state index < -0.39 is 0 Å². The van der Waals surface area contributed by atoms with Gasteiger partial charge >= 0.3 is 0 Å². The molecular formula is C14H15FN2. The average molecular weight is 230 g/mol. The number of nitrogens with zero attached hydrogens (tertiary/aromatic N) is 1. The highest BCUT2D eigenvalue weighted by atomic mass is 19.1. The number of anilines is 3. The van der Waals surface area contributed by atoms with E-state index in [1.807, 2.05) is 38.2 Å². The minimum Gasteiger partial charge on any atom is -0.397 e. The van der Waals surface area contributed by atoms with Gasteiger partial charge in [-0.3, -0.25) is 0 Å². The molecular weight excluding hydrogens is 215 g/mol. The molecule has 0 amide bonds. The van der Waals surface area contributed by atoms with Gasteiger partial charge in [0, 0.05) is 12.7 Å². The summed E-state index contributed by atoms with van der Waals surface area (Å²) in [6.07, 6.45) is 0. The van der Waals surface area contributed by atoms with Crippen LogP contribution in [0.25, 0.3) is 0 Å². The molecule has 0 unspecified atom stereocenters. The molecule has 2 aromatic carbocycles. The van der Waals surface area contributed by atoms with Crippen LogP contribution in [0.1, 0.15) is 5.56 Å². The summed E-state index contributed by atoms with van der Waals surface area (Å²) < 4.78 is 13.8. The van der Waals surface area contributed by atoms with E-state index in [0.717, 1.165) is 11.3 Å². The van der Waals surface area contributed by atoms with Gasteiger partial charge in [-0.25, -0.2) is 4.39 Å². The monoisotopic (exact) mass is 230 g/mol. The maximum atomic E-state index is 13.8. The molecule has 0 heterocycles. The third kappa shape index (κ3) is 2.23. The Labute approximate surface area is 100 Å². The molecule has 0 aliphatic carbocycles. The van der Waals surface area contributed by atoms with E-state index in [-0.39, 0.29) is 5.82 Å². The largest absolute Gasteiger partial charge is 0.397 e. The standard InChI is InChI=1S/C14H15FN2/c1-10-5-3-6-11(9-10)17(2)14-12(15)7-4-8-13(14)16/h3-9H,16H2,1-2H3. The molecule has 2 N–H and O–H groups in total. The van der Waals surface area contributed by atoms with Crippen LogP contribution in [0.3, 0.4) is 0 Å². The van der Waals surface area contributed by atoms with Gasteiger partial charge in [0.15, 0.2) is 0 Å².